The third-order valence-corrected chi connectivity index (χ3v) is 6.50. The molecule has 3 aliphatic heterocycles. The van der Waals surface area contributed by atoms with E-state index in [2.05, 4.69) is 4.98 Å². The molecule has 2 aromatic rings. The van der Waals surface area contributed by atoms with E-state index in [0.717, 1.165) is 53.8 Å². The number of hydrogen-bond donors (Lipinski definition) is 1. The van der Waals surface area contributed by atoms with Crippen LogP contribution in [0, 0.1) is 0 Å². The van der Waals surface area contributed by atoms with Gasteiger partial charge in [-0.3, -0.25) is 9.59 Å². The summed E-state index contributed by atoms with van der Waals surface area (Å²) in [5, 5.41) is 1.06. The Bertz CT molecular complexity index is 962. The summed E-state index contributed by atoms with van der Waals surface area (Å²) in [7, 11) is 1.65. The SMILES string of the molecule is COc1ccc2[nH]c3c(c2c1)CCN1C(=O)CN(CC2CCCO2)C(=O)[C@]31C. The second-order valence-corrected chi connectivity index (χ2v) is 8.08. The number of nitrogens with one attached hydrogen (secondary N) is 1. The average molecular weight is 383 g/mol. The predicted octanol–water partition coefficient (Wildman–Crippen LogP) is 1.80. The Balaban J connectivity index is 1.58. The molecule has 1 unspecified atom stereocenters. The Morgan fingerprint density at radius 2 is 2.21 bits per heavy atom. The van der Waals surface area contributed by atoms with Crippen LogP contribution >= 0.6 is 0 Å². The fourth-order valence-electron chi connectivity index (χ4n) is 5.02. The van der Waals surface area contributed by atoms with Gasteiger partial charge in [-0.1, -0.05) is 0 Å². The number of rotatable bonds is 3. The number of fused-ring (bicyclic) bond motifs is 5. The van der Waals surface area contributed by atoms with E-state index in [1.165, 1.54) is 0 Å². The van der Waals surface area contributed by atoms with Gasteiger partial charge >= 0.3 is 0 Å². The monoisotopic (exact) mass is 383 g/mol. The second-order valence-electron chi connectivity index (χ2n) is 8.08. The molecule has 1 aromatic heterocycles. The summed E-state index contributed by atoms with van der Waals surface area (Å²) in [6, 6.07) is 5.88. The summed E-state index contributed by atoms with van der Waals surface area (Å²) in [4.78, 5) is 33.4. The number of methoxy groups -OCH3 is 1. The number of nitrogens with zero attached hydrogens (tertiary/aromatic N) is 2. The van der Waals surface area contributed by atoms with Crippen LogP contribution in [0.3, 0.4) is 0 Å². The van der Waals surface area contributed by atoms with Gasteiger partial charge in [-0.05, 0) is 49.9 Å². The molecule has 5 rings (SSSR count). The minimum absolute atomic E-state index is 0.00184. The number of carbonyl (C=O) groups excluding carboxylic acids is 2. The maximum atomic E-state index is 13.6. The highest BCUT2D eigenvalue weighted by Gasteiger charge is 2.54. The zero-order valence-electron chi connectivity index (χ0n) is 16.3. The molecule has 7 heteroatoms. The molecule has 0 radical (unpaired) electrons. The van der Waals surface area contributed by atoms with Gasteiger partial charge in [0.25, 0.3) is 5.91 Å². The van der Waals surface area contributed by atoms with Crippen LogP contribution < -0.4 is 4.74 Å². The lowest BCUT2D eigenvalue weighted by atomic mass is 9.83. The van der Waals surface area contributed by atoms with E-state index >= 15 is 0 Å². The number of carbonyl (C=O) groups is 2. The van der Waals surface area contributed by atoms with Gasteiger partial charge in [0.15, 0.2) is 5.54 Å². The summed E-state index contributed by atoms with van der Waals surface area (Å²) in [6.07, 6.45) is 2.71. The number of aromatic amines is 1. The second kappa shape index (κ2) is 6.24. The van der Waals surface area contributed by atoms with Gasteiger partial charge in [-0.15, -0.1) is 0 Å². The highest BCUT2D eigenvalue weighted by molar-refractivity contribution is 6.00. The molecule has 7 nitrogen and oxygen atoms in total. The van der Waals surface area contributed by atoms with Crippen molar-refractivity contribution in [3.8, 4) is 5.75 Å². The number of amides is 2. The Hall–Kier alpha value is -2.54. The van der Waals surface area contributed by atoms with Crippen LogP contribution in [0.1, 0.15) is 31.0 Å². The van der Waals surface area contributed by atoms with Crippen molar-refractivity contribution >= 4 is 22.7 Å². The normalized spacial score (nSPS) is 27.3. The van der Waals surface area contributed by atoms with Crippen molar-refractivity contribution in [1.29, 1.82) is 0 Å². The topological polar surface area (TPSA) is 74.9 Å². The molecule has 1 N–H and O–H groups in total. The van der Waals surface area contributed by atoms with Gasteiger partial charge < -0.3 is 24.3 Å². The molecule has 148 valence electrons. The summed E-state index contributed by atoms with van der Waals surface area (Å²) in [5.74, 6) is 0.761. The Labute approximate surface area is 163 Å². The smallest absolute Gasteiger partial charge is 0.255 e. The molecule has 0 aliphatic carbocycles. The van der Waals surface area contributed by atoms with Crippen LogP contribution in [0.2, 0.25) is 0 Å². The van der Waals surface area contributed by atoms with E-state index in [-0.39, 0.29) is 24.5 Å². The first-order chi connectivity index (χ1) is 13.5. The number of aromatic nitrogens is 1. The molecule has 3 aliphatic rings. The molecule has 2 fully saturated rings. The van der Waals surface area contributed by atoms with Crippen LogP contribution in [0.15, 0.2) is 18.2 Å². The molecule has 0 bridgehead atoms. The van der Waals surface area contributed by atoms with Gasteiger partial charge in [0.05, 0.1) is 25.5 Å². The molecular weight excluding hydrogens is 358 g/mol. The van der Waals surface area contributed by atoms with E-state index in [0.29, 0.717) is 13.1 Å². The third-order valence-electron chi connectivity index (χ3n) is 6.50. The quantitative estimate of drug-likeness (QED) is 0.877. The molecule has 2 amide bonds. The summed E-state index contributed by atoms with van der Waals surface area (Å²) >= 11 is 0. The van der Waals surface area contributed by atoms with Crippen molar-refractivity contribution in [2.45, 2.75) is 37.8 Å². The predicted molar refractivity (Wildman–Crippen MR) is 103 cm³/mol. The van der Waals surface area contributed by atoms with E-state index in [4.69, 9.17) is 9.47 Å². The van der Waals surface area contributed by atoms with Crippen molar-refractivity contribution < 1.29 is 19.1 Å². The average Bonchev–Trinajstić information content (AvgIpc) is 3.33. The van der Waals surface area contributed by atoms with Crippen LogP contribution in [-0.2, 0) is 26.3 Å². The van der Waals surface area contributed by atoms with Crippen molar-refractivity contribution in [3.05, 3.63) is 29.5 Å². The zero-order chi connectivity index (χ0) is 19.5. The first kappa shape index (κ1) is 17.6. The number of ether oxygens (including phenoxy) is 2. The fourth-order valence-corrected chi connectivity index (χ4v) is 5.02. The van der Waals surface area contributed by atoms with Gasteiger partial charge in [0, 0.05) is 30.6 Å². The molecule has 2 atom stereocenters. The largest absolute Gasteiger partial charge is 0.497 e. The van der Waals surface area contributed by atoms with Crippen molar-refractivity contribution in [1.82, 2.24) is 14.8 Å². The lowest BCUT2D eigenvalue weighted by Crippen LogP contribution is -2.67. The molecule has 4 heterocycles. The number of piperazine rings is 1. The van der Waals surface area contributed by atoms with Crippen LogP contribution in [-0.4, -0.2) is 66.1 Å². The minimum Gasteiger partial charge on any atom is -0.497 e. The lowest BCUT2D eigenvalue weighted by molar-refractivity contribution is -0.167. The minimum atomic E-state index is -1.01. The first-order valence-electron chi connectivity index (χ1n) is 9.93. The highest BCUT2D eigenvalue weighted by atomic mass is 16.5. The van der Waals surface area contributed by atoms with Gasteiger partial charge in [0.1, 0.15) is 5.75 Å². The number of hydrogen-bond acceptors (Lipinski definition) is 4. The van der Waals surface area contributed by atoms with Gasteiger partial charge in [0.2, 0.25) is 5.91 Å². The van der Waals surface area contributed by atoms with E-state index in [1.807, 2.05) is 25.1 Å². The molecule has 0 spiro atoms. The first-order valence-corrected chi connectivity index (χ1v) is 9.93. The maximum Gasteiger partial charge on any atom is 0.255 e. The summed E-state index contributed by atoms with van der Waals surface area (Å²) < 4.78 is 11.1. The van der Waals surface area contributed by atoms with Crippen LogP contribution in [0.5, 0.6) is 5.75 Å². The van der Waals surface area contributed by atoms with E-state index < -0.39 is 5.54 Å². The van der Waals surface area contributed by atoms with Crippen molar-refractivity contribution in [3.63, 3.8) is 0 Å². The summed E-state index contributed by atoms with van der Waals surface area (Å²) in [5.41, 5.74) is 1.89. The Kier molecular flexibility index (Phi) is 3.91. The van der Waals surface area contributed by atoms with E-state index in [9.17, 15) is 9.59 Å². The summed E-state index contributed by atoms with van der Waals surface area (Å²) in [6.45, 7) is 3.78. The third kappa shape index (κ3) is 2.38. The molecule has 0 saturated carbocycles. The van der Waals surface area contributed by atoms with Crippen molar-refractivity contribution in [2.24, 2.45) is 0 Å². The molecular formula is C21H25N3O4. The molecule has 28 heavy (non-hydrogen) atoms. The van der Waals surface area contributed by atoms with Crippen LogP contribution in [0.4, 0.5) is 0 Å². The highest BCUT2D eigenvalue weighted by Crippen LogP contribution is 2.42. The fraction of sp³-hybridized carbons (Fsp3) is 0.524. The van der Waals surface area contributed by atoms with Crippen molar-refractivity contribution in [2.75, 3.05) is 33.4 Å². The molecule has 1 aromatic carbocycles. The Morgan fingerprint density at radius 3 is 2.96 bits per heavy atom. The van der Waals surface area contributed by atoms with Crippen LogP contribution in [0.25, 0.3) is 10.9 Å². The zero-order valence-corrected chi connectivity index (χ0v) is 16.3. The molecule has 2 saturated heterocycles. The lowest BCUT2D eigenvalue weighted by Gasteiger charge is -2.49. The number of H-pyrrole nitrogens is 1. The van der Waals surface area contributed by atoms with Gasteiger partial charge in [-0.2, -0.15) is 0 Å². The Morgan fingerprint density at radius 1 is 1.36 bits per heavy atom. The van der Waals surface area contributed by atoms with Gasteiger partial charge in [-0.25, -0.2) is 0 Å². The standard InChI is InChI=1S/C21H25N3O4/c1-21-19-15(16-10-13(27-2)5-6-17(16)22-19)7-8-24(21)18(25)12-23(20(21)26)11-14-4-3-9-28-14/h5-6,10,14,22H,3-4,7-9,11-12H2,1-2H3/t14?,21-/m0/s1. The number of benzene rings is 1. The van der Waals surface area contributed by atoms with E-state index in [1.54, 1.807) is 16.9 Å². The maximum absolute atomic E-state index is 13.6.